The van der Waals surface area contributed by atoms with Gasteiger partial charge >= 0.3 is 0 Å². The third kappa shape index (κ3) is 2.20. The van der Waals surface area contributed by atoms with Crippen LogP contribution in [0.25, 0.3) is 0 Å². The second-order valence-electron chi connectivity index (χ2n) is 5.57. The molecule has 2 atom stereocenters. The highest BCUT2D eigenvalue weighted by Crippen LogP contribution is 2.32. The van der Waals surface area contributed by atoms with Gasteiger partial charge in [0, 0.05) is 18.0 Å². The average Bonchev–Trinajstić information content (AvgIpc) is 2.84. The normalized spacial score (nSPS) is 25.1. The van der Waals surface area contributed by atoms with E-state index in [1.807, 2.05) is 13.8 Å². The minimum Gasteiger partial charge on any atom is -0.361 e. The smallest absolute Gasteiger partial charge is 0.223 e. The lowest BCUT2D eigenvalue weighted by Gasteiger charge is -2.31. The fourth-order valence-electron chi connectivity index (χ4n) is 3.33. The SMILES string of the molecule is Cc1noc(C)c1CCC(=O)N1[C@H]2CC=C[C@H]1CC2. The zero-order chi connectivity index (χ0) is 13.4. The van der Waals surface area contributed by atoms with Crippen LogP contribution < -0.4 is 0 Å². The van der Waals surface area contributed by atoms with E-state index in [9.17, 15) is 4.79 Å². The Labute approximate surface area is 113 Å². The summed E-state index contributed by atoms with van der Waals surface area (Å²) in [6, 6.07) is 0.781. The van der Waals surface area contributed by atoms with Gasteiger partial charge in [0.15, 0.2) is 0 Å². The van der Waals surface area contributed by atoms with Gasteiger partial charge in [0.2, 0.25) is 5.91 Å². The van der Waals surface area contributed by atoms with Crippen LogP contribution in [0, 0.1) is 13.8 Å². The van der Waals surface area contributed by atoms with E-state index in [0.29, 0.717) is 18.5 Å². The molecular weight excluding hydrogens is 240 g/mol. The first kappa shape index (κ1) is 12.5. The molecule has 102 valence electrons. The Hall–Kier alpha value is -1.58. The van der Waals surface area contributed by atoms with Crippen LogP contribution in [-0.2, 0) is 11.2 Å². The van der Waals surface area contributed by atoms with Crippen LogP contribution in [-0.4, -0.2) is 28.0 Å². The summed E-state index contributed by atoms with van der Waals surface area (Å²) in [7, 11) is 0. The van der Waals surface area contributed by atoms with Crippen molar-refractivity contribution in [2.45, 2.75) is 58.0 Å². The molecule has 2 aliphatic rings. The number of hydrogen-bond donors (Lipinski definition) is 0. The van der Waals surface area contributed by atoms with Crippen molar-refractivity contribution in [3.63, 3.8) is 0 Å². The van der Waals surface area contributed by atoms with Crippen LogP contribution in [0.5, 0.6) is 0 Å². The topological polar surface area (TPSA) is 46.3 Å². The molecule has 0 N–H and O–H groups in total. The van der Waals surface area contributed by atoms with Crippen molar-refractivity contribution in [2.24, 2.45) is 0 Å². The Balaban J connectivity index is 1.65. The summed E-state index contributed by atoms with van der Waals surface area (Å²) in [6.45, 7) is 3.84. The third-order valence-corrected chi connectivity index (χ3v) is 4.37. The molecule has 1 aromatic heterocycles. The predicted molar refractivity (Wildman–Crippen MR) is 71.7 cm³/mol. The van der Waals surface area contributed by atoms with Gasteiger partial charge in [0.1, 0.15) is 5.76 Å². The number of amides is 1. The van der Waals surface area contributed by atoms with E-state index in [0.717, 1.165) is 42.7 Å². The molecule has 1 saturated heterocycles. The first-order valence-electron chi connectivity index (χ1n) is 7.06. The fraction of sp³-hybridized carbons (Fsp3) is 0.600. The molecule has 19 heavy (non-hydrogen) atoms. The monoisotopic (exact) mass is 260 g/mol. The quantitative estimate of drug-likeness (QED) is 0.785. The van der Waals surface area contributed by atoms with Gasteiger partial charge in [0.25, 0.3) is 0 Å². The third-order valence-electron chi connectivity index (χ3n) is 4.37. The summed E-state index contributed by atoms with van der Waals surface area (Å²) in [5, 5.41) is 3.94. The molecule has 2 aliphatic heterocycles. The Morgan fingerprint density at radius 2 is 2.32 bits per heavy atom. The van der Waals surface area contributed by atoms with Gasteiger partial charge in [-0.05, 0) is 39.5 Å². The van der Waals surface area contributed by atoms with Crippen LogP contribution in [0.1, 0.15) is 42.7 Å². The van der Waals surface area contributed by atoms with Gasteiger partial charge in [-0.1, -0.05) is 17.3 Å². The van der Waals surface area contributed by atoms with Crippen molar-refractivity contribution in [1.82, 2.24) is 10.1 Å². The van der Waals surface area contributed by atoms with Gasteiger partial charge in [-0.2, -0.15) is 0 Å². The second kappa shape index (κ2) is 4.83. The Morgan fingerprint density at radius 3 is 3.00 bits per heavy atom. The lowest BCUT2D eigenvalue weighted by Crippen LogP contribution is -2.42. The summed E-state index contributed by atoms with van der Waals surface area (Å²) in [5.41, 5.74) is 2.00. The largest absolute Gasteiger partial charge is 0.361 e. The molecule has 4 nitrogen and oxygen atoms in total. The molecule has 0 unspecified atom stereocenters. The molecule has 0 radical (unpaired) electrons. The summed E-state index contributed by atoms with van der Waals surface area (Å²) < 4.78 is 5.14. The second-order valence-corrected chi connectivity index (χ2v) is 5.57. The summed E-state index contributed by atoms with van der Waals surface area (Å²) in [6.07, 6.45) is 9.00. The maximum atomic E-state index is 12.4. The highest BCUT2D eigenvalue weighted by atomic mass is 16.5. The van der Waals surface area contributed by atoms with E-state index < -0.39 is 0 Å². The van der Waals surface area contributed by atoms with Crippen molar-refractivity contribution < 1.29 is 9.32 Å². The van der Waals surface area contributed by atoms with Gasteiger partial charge in [-0.3, -0.25) is 4.79 Å². The van der Waals surface area contributed by atoms with E-state index >= 15 is 0 Å². The molecule has 0 aliphatic carbocycles. The molecule has 3 rings (SSSR count). The molecule has 1 fully saturated rings. The number of nitrogens with zero attached hydrogens (tertiary/aromatic N) is 2. The fourth-order valence-corrected chi connectivity index (χ4v) is 3.33. The van der Waals surface area contributed by atoms with Crippen LogP contribution in [0.3, 0.4) is 0 Å². The minimum atomic E-state index is 0.275. The summed E-state index contributed by atoms with van der Waals surface area (Å²) in [4.78, 5) is 14.5. The van der Waals surface area contributed by atoms with E-state index in [-0.39, 0.29) is 5.91 Å². The molecule has 1 aromatic rings. The molecular formula is C15H20N2O2. The maximum absolute atomic E-state index is 12.4. The van der Waals surface area contributed by atoms with Gasteiger partial charge in [-0.15, -0.1) is 0 Å². The average molecular weight is 260 g/mol. The van der Waals surface area contributed by atoms with Crippen LogP contribution in [0.2, 0.25) is 0 Å². The lowest BCUT2D eigenvalue weighted by molar-refractivity contribution is -0.133. The number of fused-ring (bicyclic) bond motifs is 2. The van der Waals surface area contributed by atoms with E-state index in [1.165, 1.54) is 0 Å². The van der Waals surface area contributed by atoms with E-state index in [4.69, 9.17) is 4.52 Å². The Bertz CT molecular complexity index is 499. The molecule has 0 spiro atoms. The van der Waals surface area contributed by atoms with Crippen LogP contribution >= 0.6 is 0 Å². The first-order valence-corrected chi connectivity index (χ1v) is 7.06. The Morgan fingerprint density at radius 1 is 1.47 bits per heavy atom. The van der Waals surface area contributed by atoms with Crippen molar-refractivity contribution in [1.29, 1.82) is 0 Å². The van der Waals surface area contributed by atoms with Crippen molar-refractivity contribution in [3.05, 3.63) is 29.2 Å². The number of rotatable bonds is 3. The van der Waals surface area contributed by atoms with Gasteiger partial charge in [0.05, 0.1) is 11.7 Å². The van der Waals surface area contributed by atoms with Gasteiger partial charge < -0.3 is 9.42 Å². The lowest BCUT2D eigenvalue weighted by atomic mass is 10.1. The zero-order valence-electron chi connectivity index (χ0n) is 11.6. The zero-order valence-corrected chi connectivity index (χ0v) is 11.6. The van der Waals surface area contributed by atoms with Crippen molar-refractivity contribution >= 4 is 5.91 Å². The highest BCUT2D eigenvalue weighted by Gasteiger charge is 2.36. The van der Waals surface area contributed by atoms with Crippen LogP contribution in [0.4, 0.5) is 0 Å². The van der Waals surface area contributed by atoms with E-state index in [1.54, 1.807) is 0 Å². The van der Waals surface area contributed by atoms with E-state index in [2.05, 4.69) is 22.2 Å². The van der Waals surface area contributed by atoms with Gasteiger partial charge in [-0.25, -0.2) is 0 Å². The molecule has 0 aromatic carbocycles. The summed E-state index contributed by atoms with van der Waals surface area (Å²) in [5.74, 6) is 1.11. The van der Waals surface area contributed by atoms with Crippen LogP contribution in [0.15, 0.2) is 16.7 Å². The molecule has 4 heteroatoms. The highest BCUT2D eigenvalue weighted by molar-refractivity contribution is 5.78. The van der Waals surface area contributed by atoms with Crippen molar-refractivity contribution in [2.75, 3.05) is 0 Å². The number of hydrogen-bond acceptors (Lipinski definition) is 3. The summed E-state index contributed by atoms with van der Waals surface area (Å²) >= 11 is 0. The van der Waals surface area contributed by atoms with Crippen molar-refractivity contribution in [3.8, 4) is 0 Å². The predicted octanol–water partition coefficient (Wildman–Crippen LogP) is 2.54. The molecule has 0 saturated carbocycles. The number of carbonyl (C=O) groups is 1. The molecule has 2 bridgehead atoms. The Kier molecular flexibility index (Phi) is 3.17. The standard InChI is InChI=1S/C15H20N2O2/c1-10-14(11(2)19-16-10)8-9-15(18)17-12-4-3-5-13(17)7-6-12/h3-4,12-13H,5-9H2,1-2H3/t12-,13-/m0/s1. The number of carbonyl (C=O) groups excluding carboxylic acids is 1. The molecule has 1 amide bonds. The number of aromatic nitrogens is 1. The minimum absolute atomic E-state index is 0.275. The molecule has 3 heterocycles. The first-order chi connectivity index (χ1) is 9.16. The number of aryl methyl sites for hydroxylation is 2. The maximum Gasteiger partial charge on any atom is 0.223 e.